The second kappa shape index (κ2) is 7.98. The van der Waals surface area contributed by atoms with E-state index in [0.717, 1.165) is 37.2 Å². The lowest BCUT2D eigenvalue weighted by Gasteiger charge is -2.01. The third-order valence-corrected chi connectivity index (χ3v) is 2.35. The Balaban J connectivity index is 2.28. The first-order valence-corrected chi connectivity index (χ1v) is 5.86. The molecule has 0 radical (unpaired) electrons. The highest BCUT2D eigenvalue weighted by atomic mass is 19.1. The number of aryl methyl sites for hydroxylation is 1. The Hall–Kier alpha value is -1.19. The van der Waals surface area contributed by atoms with Crippen LogP contribution >= 0.6 is 0 Å². The average Bonchev–Trinajstić information content (AvgIpc) is 2.26. The normalized spacial score (nSPS) is 11.2. The molecule has 0 aliphatic rings. The number of hydrogen-bond acceptors (Lipinski definition) is 2. The minimum atomic E-state index is -0.178. The van der Waals surface area contributed by atoms with Crippen LogP contribution in [-0.4, -0.2) is 26.8 Å². The molecule has 0 unspecified atom stereocenters. The Bertz CT molecular complexity index is 343. The van der Waals surface area contributed by atoms with Gasteiger partial charge in [-0.05, 0) is 43.1 Å². The van der Waals surface area contributed by atoms with Gasteiger partial charge in [0.1, 0.15) is 5.82 Å². The van der Waals surface area contributed by atoms with Crippen LogP contribution < -0.4 is 5.32 Å². The van der Waals surface area contributed by atoms with Crippen LogP contribution in [0.3, 0.4) is 0 Å². The van der Waals surface area contributed by atoms with Crippen molar-refractivity contribution in [2.45, 2.75) is 13.3 Å². The van der Waals surface area contributed by atoms with Crippen molar-refractivity contribution in [2.24, 2.45) is 0 Å². The molecule has 0 aromatic heterocycles. The van der Waals surface area contributed by atoms with Gasteiger partial charge in [0.25, 0.3) is 0 Å². The van der Waals surface area contributed by atoms with Crippen LogP contribution in [0.5, 0.6) is 0 Å². The summed E-state index contributed by atoms with van der Waals surface area (Å²) in [6.45, 7) is 4.40. The lowest BCUT2D eigenvalue weighted by atomic mass is 10.1. The van der Waals surface area contributed by atoms with E-state index in [4.69, 9.17) is 4.74 Å². The first-order valence-electron chi connectivity index (χ1n) is 5.86. The zero-order valence-electron chi connectivity index (χ0n) is 10.5. The van der Waals surface area contributed by atoms with Gasteiger partial charge in [0.05, 0.1) is 6.61 Å². The van der Waals surface area contributed by atoms with E-state index < -0.39 is 0 Å². The molecular weight excluding hydrogens is 217 g/mol. The molecule has 0 heterocycles. The van der Waals surface area contributed by atoms with Gasteiger partial charge >= 0.3 is 0 Å². The van der Waals surface area contributed by atoms with Gasteiger partial charge in [-0.3, -0.25) is 0 Å². The second-order valence-electron chi connectivity index (χ2n) is 4.00. The van der Waals surface area contributed by atoms with Crippen LogP contribution in [0.15, 0.2) is 24.3 Å². The van der Waals surface area contributed by atoms with Crippen molar-refractivity contribution in [3.63, 3.8) is 0 Å². The third-order valence-electron chi connectivity index (χ3n) is 2.35. The van der Waals surface area contributed by atoms with Gasteiger partial charge in [0.15, 0.2) is 0 Å². The highest BCUT2D eigenvalue weighted by molar-refractivity contribution is 5.50. The minimum absolute atomic E-state index is 0.178. The predicted octanol–water partition coefficient (Wildman–Crippen LogP) is 2.77. The van der Waals surface area contributed by atoms with Gasteiger partial charge in [-0.25, -0.2) is 4.39 Å². The van der Waals surface area contributed by atoms with Crippen LogP contribution in [0.2, 0.25) is 0 Å². The molecule has 0 amide bonds. The van der Waals surface area contributed by atoms with Crippen molar-refractivity contribution in [1.82, 2.24) is 5.32 Å². The molecule has 0 spiro atoms. The first kappa shape index (κ1) is 13.9. The van der Waals surface area contributed by atoms with E-state index in [0.29, 0.717) is 0 Å². The Morgan fingerprint density at radius 2 is 2.12 bits per heavy atom. The number of ether oxygens (including phenoxy) is 1. The van der Waals surface area contributed by atoms with E-state index in [2.05, 4.69) is 5.32 Å². The molecule has 2 nitrogen and oxygen atoms in total. The van der Waals surface area contributed by atoms with Gasteiger partial charge in [0, 0.05) is 13.7 Å². The number of halogens is 1. The summed E-state index contributed by atoms with van der Waals surface area (Å²) in [4.78, 5) is 0. The summed E-state index contributed by atoms with van der Waals surface area (Å²) in [5, 5.41) is 3.25. The predicted molar refractivity (Wildman–Crippen MR) is 69.5 cm³/mol. The van der Waals surface area contributed by atoms with Crippen LogP contribution in [0.4, 0.5) is 4.39 Å². The van der Waals surface area contributed by atoms with E-state index >= 15 is 0 Å². The fourth-order valence-electron chi connectivity index (χ4n) is 1.56. The fourth-order valence-corrected chi connectivity index (χ4v) is 1.56. The first-order chi connectivity index (χ1) is 8.22. The minimum Gasteiger partial charge on any atom is -0.383 e. The Labute approximate surface area is 102 Å². The molecule has 17 heavy (non-hydrogen) atoms. The van der Waals surface area contributed by atoms with E-state index in [1.54, 1.807) is 13.2 Å². The summed E-state index contributed by atoms with van der Waals surface area (Å²) >= 11 is 0. The maximum Gasteiger partial charge on any atom is 0.124 e. The van der Waals surface area contributed by atoms with E-state index in [1.807, 2.05) is 25.1 Å². The van der Waals surface area contributed by atoms with Crippen LogP contribution in [0.1, 0.15) is 17.5 Å². The number of methoxy groups -OCH3 is 1. The average molecular weight is 237 g/mol. The smallest absolute Gasteiger partial charge is 0.124 e. The highest BCUT2D eigenvalue weighted by Gasteiger charge is 1.94. The lowest BCUT2D eigenvalue weighted by Crippen LogP contribution is -2.19. The molecule has 0 bridgehead atoms. The lowest BCUT2D eigenvalue weighted by molar-refractivity contribution is 0.199. The van der Waals surface area contributed by atoms with E-state index in [9.17, 15) is 4.39 Å². The zero-order valence-corrected chi connectivity index (χ0v) is 10.5. The maximum atomic E-state index is 13.1. The van der Waals surface area contributed by atoms with Crippen molar-refractivity contribution >= 4 is 6.08 Å². The molecule has 94 valence electrons. The molecule has 0 atom stereocenters. The van der Waals surface area contributed by atoms with Crippen LogP contribution in [0, 0.1) is 12.7 Å². The molecule has 3 heteroatoms. The SMILES string of the molecule is COCCNCCC=Cc1cc(C)cc(F)c1. The van der Waals surface area contributed by atoms with E-state index in [-0.39, 0.29) is 5.82 Å². The van der Waals surface area contributed by atoms with Gasteiger partial charge in [-0.2, -0.15) is 0 Å². The summed E-state index contributed by atoms with van der Waals surface area (Å²) in [7, 11) is 1.69. The summed E-state index contributed by atoms with van der Waals surface area (Å²) in [6.07, 6.45) is 4.93. The monoisotopic (exact) mass is 237 g/mol. The van der Waals surface area contributed by atoms with Gasteiger partial charge in [-0.1, -0.05) is 18.2 Å². The Kier molecular flexibility index (Phi) is 6.51. The van der Waals surface area contributed by atoms with Gasteiger partial charge in [0.2, 0.25) is 0 Å². The summed E-state index contributed by atoms with van der Waals surface area (Å²) in [6, 6.07) is 5.05. The molecule has 0 aliphatic carbocycles. The fraction of sp³-hybridized carbons (Fsp3) is 0.429. The molecule has 1 rings (SSSR count). The Morgan fingerprint density at radius 3 is 2.82 bits per heavy atom. The Morgan fingerprint density at radius 1 is 1.29 bits per heavy atom. The van der Waals surface area contributed by atoms with Crippen molar-refractivity contribution < 1.29 is 9.13 Å². The molecule has 1 aromatic rings. The summed E-state index contributed by atoms with van der Waals surface area (Å²) in [5.74, 6) is -0.178. The maximum absolute atomic E-state index is 13.1. The number of rotatable bonds is 7. The van der Waals surface area contributed by atoms with E-state index in [1.165, 1.54) is 6.07 Å². The zero-order chi connectivity index (χ0) is 12.5. The second-order valence-corrected chi connectivity index (χ2v) is 4.00. The molecule has 1 aromatic carbocycles. The number of hydrogen-bond donors (Lipinski definition) is 1. The van der Waals surface area contributed by atoms with Crippen molar-refractivity contribution in [3.05, 3.63) is 41.2 Å². The largest absolute Gasteiger partial charge is 0.383 e. The summed E-state index contributed by atoms with van der Waals surface area (Å²) in [5.41, 5.74) is 1.86. The molecule has 0 fully saturated rings. The summed E-state index contributed by atoms with van der Waals surface area (Å²) < 4.78 is 18.0. The standard InChI is InChI=1S/C14H20FNO/c1-12-9-13(11-14(15)10-12)5-3-4-6-16-7-8-17-2/h3,5,9-11,16H,4,6-8H2,1-2H3. The molecule has 0 aliphatic heterocycles. The number of benzene rings is 1. The van der Waals surface area contributed by atoms with Gasteiger partial charge in [-0.15, -0.1) is 0 Å². The topological polar surface area (TPSA) is 21.3 Å². The van der Waals surface area contributed by atoms with Crippen molar-refractivity contribution in [2.75, 3.05) is 26.8 Å². The molecule has 0 saturated carbocycles. The highest BCUT2D eigenvalue weighted by Crippen LogP contribution is 2.09. The van der Waals surface area contributed by atoms with Crippen molar-refractivity contribution in [1.29, 1.82) is 0 Å². The molecule has 1 N–H and O–H groups in total. The van der Waals surface area contributed by atoms with Crippen LogP contribution in [-0.2, 0) is 4.74 Å². The van der Waals surface area contributed by atoms with Crippen molar-refractivity contribution in [3.8, 4) is 0 Å². The quantitative estimate of drug-likeness (QED) is 0.736. The van der Waals surface area contributed by atoms with Crippen LogP contribution in [0.25, 0.3) is 6.08 Å². The van der Waals surface area contributed by atoms with Gasteiger partial charge < -0.3 is 10.1 Å². The molecular formula is C14H20FNO. The third kappa shape index (κ3) is 6.19. The number of nitrogens with one attached hydrogen (secondary N) is 1. The molecule has 0 saturated heterocycles.